The van der Waals surface area contributed by atoms with Gasteiger partial charge in [0, 0.05) is 18.8 Å². The van der Waals surface area contributed by atoms with Crippen molar-refractivity contribution >= 4 is 5.97 Å². The maximum Gasteiger partial charge on any atom is 0.303 e. The van der Waals surface area contributed by atoms with Crippen LogP contribution in [-0.2, 0) is 14.3 Å². The van der Waals surface area contributed by atoms with Crippen LogP contribution >= 0.6 is 0 Å². The first-order valence-corrected chi connectivity index (χ1v) is 12.0. The fourth-order valence-electron chi connectivity index (χ4n) is 8.81. The number of fused-ring (bicyclic) bond motifs is 7. The Morgan fingerprint density at radius 1 is 1.13 bits per heavy atom. The molecule has 0 aromatic heterocycles. The molecule has 0 radical (unpaired) electrons. The first kappa shape index (κ1) is 20.8. The molecule has 1 aliphatic heterocycles. The van der Waals surface area contributed by atoms with E-state index in [2.05, 4.69) is 39.8 Å². The number of aliphatic hydroxyl groups excluding tert-OH is 1. The topological polar surface area (TPSA) is 55.8 Å². The highest BCUT2D eigenvalue weighted by Gasteiger charge is 2.62. The summed E-state index contributed by atoms with van der Waals surface area (Å²) in [7, 11) is 0. The van der Waals surface area contributed by atoms with Crippen LogP contribution in [0.4, 0.5) is 0 Å². The summed E-state index contributed by atoms with van der Waals surface area (Å²) in [5, 5.41) is 10.7. The molecule has 0 spiro atoms. The highest BCUT2D eigenvalue weighted by atomic mass is 16.6. The molecule has 0 aromatic carbocycles. The monoisotopic (exact) mass is 414 g/mol. The summed E-state index contributed by atoms with van der Waals surface area (Å²) in [5.74, 6) is 1.21. The lowest BCUT2D eigenvalue weighted by Gasteiger charge is -2.63. The number of carbonyl (C=O) groups excluding carboxylic acids is 1. The molecule has 8 atom stereocenters. The van der Waals surface area contributed by atoms with Crippen LogP contribution in [0.5, 0.6) is 0 Å². The quantitative estimate of drug-likeness (QED) is 0.484. The first-order chi connectivity index (χ1) is 14.1. The minimum Gasteiger partial charge on any atom is -0.458 e. The van der Waals surface area contributed by atoms with Crippen LogP contribution in [0.2, 0.25) is 0 Å². The number of rotatable bonds is 1. The van der Waals surface area contributed by atoms with Crippen molar-refractivity contribution in [2.75, 3.05) is 6.61 Å². The maximum atomic E-state index is 12.1. The largest absolute Gasteiger partial charge is 0.458 e. The molecule has 5 aliphatic rings. The number of aliphatic hydroxyl groups is 1. The van der Waals surface area contributed by atoms with E-state index >= 15 is 0 Å². The zero-order valence-corrected chi connectivity index (χ0v) is 19.2. The van der Waals surface area contributed by atoms with E-state index in [1.165, 1.54) is 30.4 Å². The van der Waals surface area contributed by atoms with Crippen LogP contribution in [0.25, 0.3) is 0 Å². The molecule has 3 fully saturated rings. The van der Waals surface area contributed by atoms with Gasteiger partial charge in [0.2, 0.25) is 0 Å². The molecule has 4 aliphatic carbocycles. The van der Waals surface area contributed by atoms with E-state index in [4.69, 9.17) is 9.47 Å². The van der Waals surface area contributed by atoms with Crippen molar-refractivity contribution in [3.63, 3.8) is 0 Å². The Morgan fingerprint density at radius 2 is 1.90 bits per heavy atom. The van der Waals surface area contributed by atoms with Gasteiger partial charge in [0.15, 0.2) is 6.29 Å². The van der Waals surface area contributed by atoms with Crippen LogP contribution in [0, 0.1) is 39.9 Å². The van der Waals surface area contributed by atoms with Crippen LogP contribution in [0.15, 0.2) is 23.3 Å². The van der Waals surface area contributed by atoms with E-state index in [1.807, 2.05) is 0 Å². The predicted octanol–water partition coefficient (Wildman–Crippen LogP) is 5.02. The van der Waals surface area contributed by atoms with Crippen LogP contribution in [0.1, 0.15) is 73.1 Å². The van der Waals surface area contributed by atoms with Crippen molar-refractivity contribution in [3.05, 3.63) is 23.3 Å². The van der Waals surface area contributed by atoms with Gasteiger partial charge in [-0.05, 0) is 71.8 Å². The minimum absolute atomic E-state index is 0.0104. The van der Waals surface area contributed by atoms with Gasteiger partial charge in [-0.25, -0.2) is 0 Å². The summed E-state index contributed by atoms with van der Waals surface area (Å²) in [6.07, 6.45) is 10.8. The molecular weight excluding hydrogens is 376 g/mol. The van der Waals surface area contributed by atoms with E-state index in [0.29, 0.717) is 24.4 Å². The van der Waals surface area contributed by atoms with E-state index in [-0.39, 0.29) is 34.2 Å². The molecular formula is C26H38O4. The standard InChI is InChI=1S/C26H38O4/c1-15(27)30-20-13-17-18-8-7-16-14-29-23(28)21(16)25(18,4)12-9-19(17)26(5)11-6-10-24(2,3)22(20)26/h7,13,18-23,28H,6,8-12,14H2,1-5H3. The van der Waals surface area contributed by atoms with Gasteiger partial charge < -0.3 is 14.6 Å². The molecule has 1 heterocycles. The number of esters is 1. The summed E-state index contributed by atoms with van der Waals surface area (Å²) in [6.45, 7) is 11.7. The Labute approximate surface area is 181 Å². The Kier molecular flexibility index (Phi) is 4.62. The fraction of sp³-hybridized carbons (Fsp3) is 0.808. The number of carbonyl (C=O) groups is 1. The zero-order valence-electron chi connectivity index (χ0n) is 19.2. The van der Waals surface area contributed by atoms with Gasteiger partial charge in [-0.3, -0.25) is 4.79 Å². The van der Waals surface area contributed by atoms with Crippen LogP contribution in [0.3, 0.4) is 0 Å². The van der Waals surface area contributed by atoms with Gasteiger partial charge in [0.25, 0.3) is 0 Å². The number of ether oxygens (including phenoxy) is 2. The maximum absolute atomic E-state index is 12.1. The molecule has 166 valence electrons. The van der Waals surface area contributed by atoms with Gasteiger partial charge in [-0.15, -0.1) is 0 Å². The second-order valence-electron chi connectivity index (χ2n) is 11.9. The van der Waals surface area contributed by atoms with Crippen molar-refractivity contribution in [1.82, 2.24) is 0 Å². The summed E-state index contributed by atoms with van der Waals surface area (Å²) in [6, 6.07) is 0. The van der Waals surface area contributed by atoms with Crippen molar-refractivity contribution < 1.29 is 19.4 Å². The molecule has 8 unspecified atom stereocenters. The highest BCUT2D eigenvalue weighted by molar-refractivity contribution is 5.66. The number of hydrogen-bond donors (Lipinski definition) is 1. The van der Waals surface area contributed by atoms with Gasteiger partial charge in [-0.2, -0.15) is 0 Å². The minimum atomic E-state index is -0.689. The van der Waals surface area contributed by atoms with E-state index in [9.17, 15) is 9.90 Å². The molecule has 0 aromatic rings. The Morgan fingerprint density at radius 3 is 2.63 bits per heavy atom. The SMILES string of the molecule is CC(=O)OC1C=C2C3CC=C4COC(O)C4C3(C)CCC2C2(C)CCCC(C)(C)C12. The lowest BCUT2D eigenvalue weighted by atomic mass is 9.42. The second kappa shape index (κ2) is 6.68. The Hall–Kier alpha value is -1.13. The Bertz CT molecular complexity index is 810. The summed E-state index contributed by atoms with van der Waals surface area (Å²) in [4.78, 5) is 12.1. The van der Waals surface area contributed by atoms with Crippen molar-refractivity contribution in [1.29, 1.82) is 0 Å². The molecule has 2 saturated carbocycles. The fourth-order valence-corrected chi connectivity index (χ4v) is 8.81. The van der Waals surface area contributed by atoms with Gasteiger partial charge in [0.1, 0.15) is 6.10 Å². The molecule has 1 N–H and O–H groups in total. The first-order valence-electron chi connectivity index (χ1n) is 12.0. The van der Waals surface area contributed by atoms with Crippen molar-refractivity contribution in [3.8, 4) is 0 Å². The second-order valence-corrected chi connectivity index (χ2v) is 11.9. The third-order valence-corrected chi connectivity index (χ3v) is 9.88. The van der Waals surface area contributed by atoms with Crippen molar-refractivity contribution in [2.24, 2.45) is 39.9 Å². The van der Waals surface area contributed by atoms with Gasteiger partial charge >= 0.3 is 5.97 Å². The van der Waals surface area contributed by atoms with E-state index < -0.39 is 6.29 Å². The predicted molar refractivity (Wildman–Crippen MR) is 115 cm³/mol. The highest BCUT2D eigenvalue weighted by Crippen LogP contribution is 2.68. The number of allylic oxidation sites excluding steroid dienone is 2. The average Bonchev–Trinajstić information content (AvgIpc) is 3.02. The van der Waals surface area contributed by atoms with Crippen molar-refractivity contribution in [2.45, 2.75) is 85.5 Å². The lowest BCUT2D eigenvalue weighted by molar-refractivity contribution is -0.165. The van der Waals surface area contributed by atoms with Gasteiger partial charge in [-0.1, -0.05) is 45.8 Å². The normalized spacial score (nSPS) is 49.0. The third kappa shape index (κ3) is 2.75. The van der Waals surface area contributed by atoms with E-state index in [0.717, 1.165) is 19.3 Å². The summed E-state index contributed by atoms with van der Waals surface area (Å²) in [5.41, 5.74) is 3.11. The molecule has 4 nitrogen and oxygen atoms in total. The molecule has 30 heavy (non-hydrogen) atoms. The third-order valence-electron chi connectivity index (χ3n) is 9.88. The molecule has 5 rings (SSSR count). The zero-order chi connectivity index (χ0) is 21.5. The van der Waals surface area contributed by atoms with Gasteiger partial charge in [0.05, 0.1) is 6.61 Å². The van der Waals surface area contributed by atoms with E-state index in [1.54, 1.807) is 6.92 Å². The molecule has 4 heteroatoms. The Balaban J connectivity index is 1.61. The summed E-state index contributed by atoms with van der Waals surface area (Å²) < 4.78 is 11.7. The van der Waals surface area contributed by atoms with Crippen LogP contribution in [-0.4, -0.2) is 30.1 Å². The summed E-state index contributed by atoms with van der Waals surface area (Å²) >= 11 is 0. The molecule has 1 saturated heterocycles. The molecule has 0 bridgehead atoms. The molecule has 0 amide bonds. The van der Waals surface area contributed by atoms with Crippen LogP contribution < -0.4 is 0 Å². The average molecular weight is 415 g/mol. The lowest BCUT2D eigenvalue weighted by Crippen LogP contribution is -2.58. The number of hydrogen-bond acceptors (Lipinski definition) is 4. The smallest absolute Gasteiger partial charge is 0.303 e.